The van der Waals surface area contributed by atoms with Gasteiger partial charge in [0.05, 0.1) is 11.9 Å². The number of nitrogens with zero attached hydrogens (tertiary/aromatic N) is 2. The SMILES string of the molecule is Cc1ccc(Cl)cc1N(CC(=O)N(Cc1ccc(Br)cc1)[C@@H](C)C(=O)NCC(C)C)S(C)(=O)=O. The smallest absolute Gasteiger partial charge is 0.244 e. The monoisotopic (exact) mass is 571 g/mol. The summed E-state index contributed by atoms with van der Waals surface area (Å²) in [6.45, 7) is 7.51. The number of rotatable bonds is 10. The number of amides is 2. The molecule has 2 aromatic carbocycles. The van der Waals surface area contributed by atoms with Gasteiger partial charge in [0.1, 0.15) is 12.6 Å². The fraction of sp³-hybridized carbons (Fsp3) is 0.417. The number of aryl methyl sites for hydroxylation is 1. The third-order valence-corrected chi connectivity index (χ3v) is 7.13. The predicted octanol–water partition coefficient (Wildman–Crippen LogP) is 4.37. The van der Waals surface area contributed by atoms with Crippen LogP contribution in [-0.4, -0.2) is 50.5 Å². The molecule has 7 nitrogen and oxygen atoms in total. The van der Waals surface area contributed by atoms with Crippen LogP contribution in [0.25, 0.3) is 0 Å². The van der Waals surface area contributed by atoms with Crippen LogP contribution in [0.3, 0.4) is 0 Å². The van der Waals surface area contributed by atoms with E-state index in [2.05, 4.69) is 21.2 Å². The summed E-state index contributed by atoms with van der Waals surface area (Å²) >= 11 is 9.50. The Morgan fingerprint density at radius 2 is 1.71 bits per heavy atom. The molecule has 0 aliphatic rings. The van der Waals surface area contributed by atoms with E-state index in [1.165, 1.54) is 11.0 Å². The zero-order valence-electron chi connectivity index (χ0n) is 20.0. The quantitative estimate of drug-likeness (QED) is 0.458. The summed E-state index contributed by atoms with van der Waals surface area (Å²) in [6.07, 6.45) is 1.04. The Bertz CT molecular complexity index is 1120. The molecule has 0 radical (unpaired) electrons. The number of hydrogen-bond acceptors (Lipinski definition) is 4. The number of benzene rings is 2. The molecule has 1 N–H and O–H groups in total. The van der Waals surface area contributed by atoms with E-state index in [0.29, 0.717) is 22.8 Å². The van der Waals surface area contributed by atoms with Crippen LogP contribution in [0.5, 0.6) is 0 Å². The van der Waals surface area contributed by atoms with E-state index in [1.54, 1.807) is 26.0 Å². The Balaban J connectivity index is 2.40. The first-order valence-electron chi connectivity index (χ1n) is 10.8. The van der Waals surface area contributed by atoms with Gasteiger partial charge in [-0.15, -0.1) is 0 Å². The van der Waals surface area contributed by atoms with Crippen molar-refractivity contribution in [3.05, 3.63) is 63.1 Å². The van der Waals surface area contributed by atoms with Gasteiger partial charge in [0, 0.05) is 22.6 Å². The van der Waals surface area contributed by atoms with Crippen molar-refractivity contribution in [3.8, 4) is 0 Å². The van der Waals surface area contributed by atoms with Gasteiger partial charge in [-0.2, -0.15) is 0 Å². The number of halogens is 2. The summed E-state index contributed by atoms with van der Waals surface area (Å²) in [5, 5.41) is 3.21. The molecule has 0 heterocycles. The fourth-order valence-corrected chi connectivity index (χ4v) is 4.60. The first-order chi connectivity index (χ1) is 15.8. The van der Waals surface area contributed by atoms with Gasteiger partial charge in [-0.3, -0.25) is 13.9 Å². The van der Waals surface area contributed by atoms with E-state index in [9.17, 15) is 18.0 Å². The maximum atomic E-state index is 13.5. The van der Waals surface area contributed by atoms with Crippen LogP contribution in [0.1, 0.15) is 31.9 Å². The minimum atomic E-state index is -3.81. The highest BCUT2D eigenvalue weighted by atomic mass is 79.9. The molecular weight excluding hydrogens is 542 g/mol. The lowest BCUT2D eigenvalue weighted by atomic mass is 10.1. The van der Waals surface area contributed by atoms with Crippen LogP contribution in [0, 0.1) is 12.8 Å². The Kier molecular flexibility index (Phi) is 9.96. The van der Waals surface area contributed by atoms with Crippen molar-refractivity contribution in [3.63, 3.8) is 0 Å². The summed E-state index contributed by atoms with van der Waals surface area (Å²) in [6, 6.07) is 11.4. The van der Waals surface area contributed by atoms with Crippen LogP contribution in [0.2, 0.25) is 5.02 Å². The summed E-state index contributed by atoms with van der Waals surface area (Å²) in [5.74, 6) is -0.553. The van der Waals surface area contributed by atoms with Crippen molar-refractivity contribution < 1.29 is 18.0 Å². The molecule has 0 unspecified atom stereocenters. The van der Waals surface area contributed by atoms with Gasteiger partial charge in [-0.1, -0.05) is 59.6 Å². The Labute approximate surface area is 215 Å². The van der Waals surface area contributed by atoms with Gasteiger partial charge in [-0.25, -0.2) is 8.42 Å². The second-order valence-corrected chi connectivity index (χ2v) is 11.9. The van der Waals surface area contributed by atoms with Gasteiger partial charge < -0.3 is 10.2 Å². The molecule has 0 saturated carbocycles. The first kappa shape index (κ1) is 28.1. The average molecular weight is 573 g/mol. The van der Waals surface area contributed by atoms with E-state index < -0.39 is 28.5 Å². The first-order valence-corrected chi connectivity index (χ1v) is 13.9. The Morgan fingerprint density at radius 1 is 1.09 bits per heavy atom. The molecular formula is C24H31BrClN3O4S. The number of carbonyl (C=O) groups is 2. The van der Waals surface area contributed by atoms with Crippen LogP contribution in [0.15, 0.2) is 46.9 Å². The van der Waals surface area contributed by atoms with Crippen LogP contribution in [-0.2, 0) is 26.2 Å². The number of anilines is 1. The zero-order valence-corrected chi connectivity index (χ0v) is 23.2. The van der Waals surface area contributed by atoms with Crippen molar-refractivity contribution in [2.24, 2.45) is 5.92 Å². The average Bonchev–Trinajstić information content (AvgIpc) is 2.75. The van der Waals surface area contributed by atoms with Gasteiger partial charge >= 0.3 is 0 Å². The summed E-state index contributed by atoms with van der Waals surface area (Å²) < 4.78 is 27.2. The zero-order chi connectivity index (χ0) is 25.6. The van der Waals surface area contributed by atoms with Gasteiger partial charge in [-0.05, 0) is 55.2 Å². The molecule has 0 spiro atoms. The van der Waals surface area contributed by atoms with E-state index in [1.807, 2.05) is 38.1 Å². The third kappa shape index (κ3) is 7.99. The summed E-state index contributed by atoms with van der Waals surface area (Å²) in [5.41, 5.74) is 1.79. The highest BCUT2D eigenvalue weighted by Crippen LogP contribution is 2.27. The largest absolute Gasteiger partial charge is 0.354 e. The van der Waals surface area contributed by atoms with Crippen molar-refractivity contribution in [1.82, 2.24) is 10.2 Å². The molecule has 0 fully saturated rings. The standard InChI is InChI=1S/C24H31BrClN3O4S/c1-16(2)13-27-24(31)18(4)28(14-19-7-9-20(25)10-8-19)23(30)15-29(34(5,32)33)22-12-21(26)11-6-17(22)3/h6-12,16,18H,13-15H2,1-5H3,(H,27,31)/t18-/m0/s1. The minimum Gasteiger partial charge on any atom is -0.354 e. The van der Waals surface area contributed by atoms with Crippen molar-refractivity contribution >= 4 is 55.1 Å². The topological polar surface area (TPSA) is 86.8 Å². The number of nitrogens with one attached hydrogen (secondary N) is 1. The molecule has 2 amide bonds. The van der Waals surface area contributed by atoms with Crippen molar-refractivity contribution in [2.75, 3.05) is 23.7 Å². The number of sulfonamides is 1. The second kappa shape index (κ2) is 12.0. The summed E-state index contributed by atoms with van der Waals surface area (Å²) in [7, 11) is -3.81. The molecule has 0 bridgehead atoms. The normalized spacial score (nSPS) is 12.4. The molecule has 34 heavy (non-hydrogen) atoms. The van der Waals surface area contributed by atoms with E-state index in [4.69, 9.17) is 11.6 Å². The van der Waals surface area contributed by atoms with E-state index in [0.717, 1.165) is 20.6 Å². The molecule has 10 heteroatoms. The maximum absolute atomic E-state index is 13.5. The lowest BCUT2D eigenvalue weighted by Gasteiger charge is -2.32. The summed E-state index contributed by atoms with van der Waals surface area (Å²) in [4.78, 5) is 27.7. The Morgan fingerprint density at radius 3 is 2.26 bits per heavy atom. The van der Waals surface area contributed by atoms with Crippen molar-refractivity contribution in [1.29, 1.82) is 0 Å². The second-order valence-electron chi connectivity index (χ2n) is 8.66. The molecule has 0 aliphatic carbocycles. The van der Waals surface area contributed by atoms with Crippen LogP contribution < -0.4 is 9.62 Å². The van der Waals surface area contributed by atoms with E-state index >= 15 is 0 Å². The molecule has 0 saturated heterocycles. The highest BCUT2D eigenvalue weighted by molar-refractivity contribution is 9.10. The lowest BCUT2D eigenvalue weighted by molar-refractivity contribution is -0.139. The molecule has 2 rings (SSSR count). The van der Waals surface area contributed by atoms with Crippen molar-refractivity contribution in [2.45, 2.75) is 40.3 Å². The molecule has 2 aromatic rings. The highest BCUT2D eigenvalue weighted by Gasteiger charge is 2.30. The molecule has 1 atom stereocenters. The van der Waals surface area contributed by atoms with Gasteiger partial charge in [0.2, 0.25) is 21.8 Å². The maximum Gasteiger partial charge on any atom is 0.244 e. The lowest BCUT2D eigenvalue weighted by Crippen LogP contribution is -2.51. The van der Waals surface area contributed by atoms with Gasteiger partial charge in [0.15, 0.2) is 0 Å². The minimum absolute atomic E-state index is 0.147. The van der Waals surface area contributed by atoms with Crippen LogP contribution in [0.4, 0.5) is 5.69 Å². The predicted molar refractivity (Wildman–Crippen MR) is 140 cm³/mol. The molecule has 0 aliphatic heterocycles. The number of hydrogen-bond donors (Lipinski definition) is 1. The number of carbonyl (C=O) groups excluding carboxylic acids is 2. The van der Waals surface area contributed by atoms with Gasteiger partial charge in [0.25, 0.3) is 0 Å². The van der Waals surface area contributed by atoms with Crippen LogP contribution >= 0.6 is 27.5 Å². The fourth-order valence-electron chi connectivity index (χ4n) is 3.27. The molecule has 0 aromatic heterocycles. The third-order valence-electron chi connectivity index (χ3n) is 5.24. The Hall–Kier alpha value is -2.10. The molecule has 186 valence electrons. The van der Waals surface area contributed by atoms with E-state index in [-0.39, 0.29) is 18.4 Å².